The molecule has 3 rings (SSSR count). The first-order valence-electron chi connectivity index (χ1n) is 9.27. The Morgan fingerprint density at radius 1 is 1.00 bits per heavy atom. The van der Waals surface area contributed by atoms with Crippen LogP contribution in [0.1, 0.15) is 12.8 Å². The van der Waals surface area contributed by atoms with Crippen LogP contribution in [0.2, 0.25) is 5.02 Å². The summed E-state index contributed by atoms with van der Waals surface area (Å²) >= 11 is 5.81. The number of hydrogen-bond acceptors (Lipinski definition) is 4. The molecule has 28 heavy (non-hydrogen) atoms. The van der Waals surface area contributed by atoms with E-state index < -0.39 is 0 Å². The lowest BCUT2D eigenvalue weighted by molar-refractivity contribution is -0.123. The molecule has 2 aromatic rings. The monoisotopic (exact) mass is 402 g/mol. The molecule has 1 aliphatic heterocycles. The van der Waals surface area contributed by atoms with Crippen LogP contribution < -0.4 is 14.8 Å². The van der Waals surface area contributed by atoms with E-state index in [4.69, 9.17) is 21.1 Å². The van der Waals surface area contributed by atoms with Crippen molar-refractivity contribution in [3.63, 3.8) is 0 Å². The summed E-state index contributed by atoms with van der Waals surface area (Å²) in [4.78, 5) is 25.8. The molecule has 0 radical (unpaired) electrons. The number of carbonyl (C=O) groups is 2. The van der Waals surface area contributed by atoms with Crippen LogP contribution in [0, 0.1) is 5.92 Å². The van der Waals surface area contributed by atoms with Gasteiger partial charge in [0.25, 0.3) is 5.91 Å². The molecule has 0 unspecified atom stereocenters. The second kappa shape index (κ2) is 9.99. The molecule has 148 valence electrons. The molecule has 1 saturated heterocycles. The van der Waals surface area contributed by atoms with E-state index >= 15 is 0 Å². The smallest absolute Gasteiger partial charge is 0.415 e. The number of ether oxygens (including phenoxy) is 2. The van der Waals surface area contributed by atoms with E-state index in [9.17, 15) is 9.59 Å². The molecular weight excluding hydrogens is 380 g/mol. The SMILES string of the molecule is O=C(COc1ccc(Cl)cc1)NCC1CCN(C(=O)Oc2ccccc2)CC1. The van der Waals surface area contributed by atoms with Crippen molar-refractivity contribution in [3.8, 4) is 11.5 Å². The number of amides is 2. The Morgan fingerprint density at radius 2 is 1.68 bits per heavy atom. The fourth-order valence-electron chi connectivity index (χ4n) is 2.96. The molecule has 0 spiro atoms. The van der Waals surface area contributed by atoms with Crippen molar-refractivity contribution < 1.29 is 19.1 Å². The van der Waals surface area contributed by atoms with E-state index in [1.165, 1.54) is 0 Å². The van der Waals surface area contributed by atoms with Crippen molar-refractivity contribution in [3.05, 3.63) is 59.6 Å². The first kappa shape index (κ1) is 20.0. The van der Waals surface area contributed by atoms with Gasteiger partial charge in [-0.15, -0.1) is 0 Å². The Morgan fingerprint density at radius 3 is 2.36 bits per heavy atom. The van der Waals surface area contributed by atoms with E-state index in [0.29, 0.717) is 42.1 Å². The van der Waals surface area contributed by atoms with Crippen molar-refractivity contribution in [1.29, 1.82) is 0 Å². The van der Waals surface area contributed by atoms with Crippen molar-refractivity contribution in [2.75, 3.05) is 26.2 Å². The minimum Gasteiger partial charge on any atom is -0.484 e. The third kappa shape index (κ3) is 6.16. The highest BCUT2D eigenvalue weighted by Gasteiger charge is 2.24. The molecule has 1 N–H and O–H groups in total. The molecule has 2 amide bonds. The molecular formula is C21H23ClN2O4. The van der Waals surface area contributed by atoms with Gasteiger partial charge in [-0.1, -0.05) is 29.8 Å². The number of nitrogens with one attached hydrogen (secondary N) is 1. The first-order chi connectivity index (χ1) is 13.6. The fourth-order valence-corrected chi connectivity index (χ4v) is 3.09. The molecule has 2 aromatic carbocycles. The van der Waals surface area contributed by atoms with Crippen LogP contribution in [0.15, 0.2) is 54.6 Å². The highest BCUT2D eigenvalue weighted by Crippen LogP contribution is 2.19. The summed E-state index contributed by atoms with van der Waals surface area (Å²) in [5, 5.41) is 3.51. The molecule has 0 aromatic heterocycles. The molecule has 6 nitrogen and oxygen atoms in total. The van der Waals surface area contributed by atoms with Gasteiger partial charge in [0.2, 0.25) is 0 Å². The van der Waals surface area contributed by atoms with E-state index in [1.807, 2.05) is 18.2 Å². The maximum Gasteiger partial charge on any atom is 0.415 e. The summed E-state index contributed by atoms with van der Waals surface area (Å²) in [5.74, 6) is 1.31. The van der Waals surface area contributed by atoms with Crippen molar-refractivity contribution in [2.24, 2.45) is 5.92 Å². The minimum atomic E-state index is -0.329. The summed E-state index contributed by atoms with van der Waals surface area (Å²) in [6.07, 6.45) is 1.31. The topological polar surface area (TPSA) is 67.9 Å². The highest BCUT2D eigenvalue weighted by atomic mass is 35.5. The lowest BCUT2D eigenvalue weighted by Gasteiger charge is -2.31. The van der Waals surface area contributed by atoms with Gasteiger partial charge in [-0.05, 0) is 55.2 Å². The molecule has 0 atom stereocenters. The zero-order valence-corrected chi connectivity index (χ0v) is 16.2. The number of rotatable bonds is 6. The number of nitrogens with zero attached hydrogens (tertiary/aromatic N) is 1. The lowest BCUT2D eigenvalue weighted by Crippen LogP contribution is -2.43. The van der Waals surface area contributed by atoms with Gasteiger partial charge in [0.1, 0.15) is 11.5 Å². The number of benzene rings is 2. The van der Waals surface area contributed by atoms with Crippen molar-refractivity contribution in [1.82, 2.24) is 10.2 Å². The van der Waals surface area contributed by atoms with Gasteiger partial charge >= 0.3 is 6.09 Å². The van der Waals surface area contributed by atoms with Crippen LogP contribution in [-0.4, -0.2) is 43.1 Å². The van der Waals surface area contributed by atoms with Gasteiger partial charge in [0.05, 0.1) is 0 Å². The quantitative estimate of drug-likeness (QED) is 0.799. The summed E-state index contributed by atoms with van der Waals surface area (Å²) in [5.41, 5.74) is 0. The van der Waals surface area contributed by atoms with Crippen LogP contribution in [0.4, 0.5) is 4.79 Å². The number of carbonyl (C=O) groups excluding carboxylic acids is 2. The lowest BCUT2D eigenvalue weighted by atomic mass is 9.97. The molecule has 1 aliphatic rings. The standard InChI is InChI=1S/C21H23ClN2O4/c22-17-6-8-18(9-7-17)27-15-20(25)23-14-16-10-12-24(13-11-16)21(26)28-19-4-2-1-3-5-19/h1-9,16H,10-15H2,(H,23,25). The predicted octanol–water partition coefficient (Wildman–Crippen LogP) is 3.75. The maximum absolute atomic E-state index is 12.2. The van der Waals surface area contributed by atoms with Gasteiger partial charge in [0.15, 0.2) is 6.61 Å². The second-order valence-corrected chi connectivity index (χ2v) is 7.09. The summed E-state index contributed by atoms with van der Waals surface area (Å²) < 4.78 is 10.8. The number of para-hydroxylation sites is 1. The van der Waals surface area contributed by atoms with Crippen molar-refractivity contribution in [2.45, 2.75) is 12.8 Å². The summed E-state index contributed by atoms with van der Waals surface area (Å²) in [6.45, 7) is 1.77. The fraction of sp³-hybridized carbons (Fsp3) is 0.333. The van der Waals surface area contributed by atoms with Gasteiger partial charge in [-0.2, -0.15) is 0 Å². The summed E-state index contributed by atoms with van der Waals surface area (Å²) in [6, 6.07) is 15.9. The minimum absolute atomic E-state index is 0.0378. The Balaban J connectivity index is 1.33. The van der Waals surface area contributed by atoms with Gasteiger partial charge in [-0.3, -0.25) is 4.79 Å². The zero-order valence-electron chi connectivity index (χ0n) is 15.5. The van der Waals surface area contributed by atoms with E-state index in [1.54, 1.807) is 41.3 Å². The van der Waals surface area contributed by atoms with Crippen molar-refractivity contribution >= 4 is 23.6 Å². The zero-order chi connectivity index (χ0) is 19.8. The number of hydrogen-bond donors (Lipinski definition) is 1. The highest BCUT2D eigenvalue weighted by molar-refractivity contribution is 6.30. The van der Waals surface area contributed by atoms with Gasteiger partial charge in [0, 0.05) is 24.7 Å². The van der Waals surface area contributed by atoms with Crippen LogP contribution in [0.25, 0.3) is 0 Å². The van der Waals surface area contributed by atoms with Crippen LogP contribution in [0.5, 0.6) is 11.5 Å². The molecule has 0 saturated carbocycles. The number of piperidine rings is 1. The van der Waals surface area contributed by atoms with Crippen LogP contribution in [0.3, 0.4) is 0 Å². The third-order valence-electron chi connectivity index (χ3n) is 4.59. The largest absolute Gasteiger partial charge is 0.484 e. The van der Waals surface area contributed by atoms with Crippen LogP contribution >= 0.6 is 11.6 Å². The Labute approximate surface area is 169 Å². The Kier molecular flexibility index (Phi) is 7.14. The van der Waals surface area contributed by atoms with Crippen LogP contribution in [-0.2, 0) is 4.79 Å². The predicted molar refractivity (Wildman–Crippen MR) is 107 cm³/mol. The average Bonchev–Trinajstić information content (AvgIpc) is 2.73. The normalized spacial score (nSPS) is 14.4. The molecule has 1 fully saturated rings. The first-order valence-corrected chi connectivity index (χ1v) is 9.65. The second-order valence-electron chi connectivity index (χ2n) is 6.66. The molecule has 7 heteroatoms. The van der Waals surface area contributed by atoms with E-state index in [-0.39, 0.29) is 18.6 Å². The van der Waals surface area contributed by atoms with Gasteiger partial charge < -0.3 is 19.7 Å². The molecule has 1 heterocycles. The van der Waals surface area contributed by atoms with E-state index in [0.717, 1.165) is 12.8 Å². The number of halogens is 1. The molecule has 0 bridgehead atoms. The Hall–Kier alpha value is -2.73. The number of likely N-dealkylation sites (tertiary alicyclic amines) is 1. The third-order valence-corrected chi connectivity index (χ3v) is 4.84. The van der Waals surface area contributed by atoms with E-state index in [2.05, 4.69) is 5.32 Å². The average molecular weight is 403 g/mol. The van der Waals surface area contributed by atoms with Gasteiger partial charge in [-0.25, -0.2) is 4.79 Å². The summed E-state index contributed by atoms with van der Waals surface area (Å²) in [7, 11) is 0. The molecule has 0 aliphatic carbocycles. The maximum atomic E-state index is 12.2. The Bertz CT molecular complexity index is 775.